The zero-order valence-electron chi connectivity index (χ0n) is 13.7. The van der Waals surface area contributed by atoms with Crippen molar-refractivity contribution in [2.24, 2.45) is 10.2 Å². The number of nitrogens with one attached hydrogen (secondary N) is 1. The lowest BCUT2D eigenvalue weighted by molar-refractivity contribution is 0.0635. The van der Waals surface area contributed by atoms with E-state index in [1.165, 1.54) is 0 Å². The first-order chi connectivity index (χ1) is 10.8. The largest absolute Gasteiger partial charge is 0.444 e. The van der Waals surface area contributed by atoms with Gasteiger partial charge in [0.25, 0.3) is 0 Å². The quantitative estimate of drug-likeness (QED) is 0.796. The summed E-state index contributed by atoms with van der Waals surface area (Å²) in [5, 5.41) is 10.9. The van der Waals surface area contributed by atoms with Crippen LogP contribution in [0.2, 0.25) is 0 Å². The second kappa shape index (κ2) is 7.00. The highest BCUT2D eigenvalue weighted by Crippen LogP contribution is 2.22. The van der Waals surface area contributed by atoms with Gasteiger partial charge in [0, 0.05) is 0 Å². The molecule has 6 heteroatoms. The number of pyridine rings is 1. The maximum absolute atomic E-state index is 11.7. The summed E-state index contributed by atoms with van der Waals surface area (Å²) in [6.07, 6.45) is -0.539. The Hall–Kier alpha value is -2.76. The van der Waals surface area contributed by atoms with Crippen molar-refractivity contribution in [2.45, 2.75) is 33.3 Å². The predicted octanol–water partition coefficient (Wildman–Crippen LogP) is 5.15. The molecule has 0 saturated heterocycles. The predicted molar refractivity (Wildman–Crippen MR) is 89.4 cm³/mol. The number of aryl methyl sites for hydroxylation is 1. The molecule has 6 nitrogen and oxygen atoms in total. The van der Waals surface area contributed by atoms with Gasteiger partial charge in [-0.05, 0) is 52.0 Å². The normalized spacial score (nSPS) is 11.5. The zero-order chi connectivity index (χ0) is 16.9. The van der Waals surface area contributed by atoms with Crippen LogP contribution in [0.3, 0.4) is 0 Å². The Kier molecular flexibility index (Phi) is 5.05. The molecule has 2 rings (SSSR count). The molecule has 120 valence electrons. The zero-order valence-corrected chi connectivity index (χ0v) is 13.7. The molecule has 0 fully saturated rings. The Balaban J connectivity index is 2.06. The molecule has 1 aromatic heterocycles. The van der Waals surface area contributed by atoms with Crippen LogP contribution in [0, 0.1) is 6.92 Å². The van der Waals surface area contributed by atoms with Gasteiger partial charge in [-0.25, -0.2) is 9.78 Å². The number of rotatable bonds is 3. The molecule has 23 heavy (non-hydrogen) atoms. The van der Waals surface area contributed by atoms with Gasteiger partial charge in [-0.15, -0.1) is 5.11 Å². The van der Waals surface area contributed by atoms with Crippen LogP contribution in [-0.4, -0.2) is 16.7 Å². The van der Waals surface area contributed by atoms with Crippen LogP contribution < -0.4 is 5.32 Å². The number of hydrogen-bond donors (Lipinski definition) is 1. The fourth-order valence-corrected chi connectivity index (χ4v) is 1.74. The fraction of sp³-hybridized carbons (Fsp3) is 0.294. The van der Waals surface area contributed by atoms with Crippen LogP contribution in [-0.2, 0) is 4.74 Å². The van der Waals surface area contributed by atoms with Crippen LogP contribution in [0.4, 0.5) is 22.0 Å². The number of benzene rings is 1. The Bertz CT molecular complexity index is 706. The first-order valence-electron chi connectivity index (χ1n) is 7.28. The van der Waals surface area contributed by atoms with E-state index in [1.54, 1.807) is 39.8 Å². The van der Waals surface area contributed by atoms with Crippen LogP contribution in [0.5, 0.6) is 0 Å². The van der Waals surface area contributed by atoms with Crippen LogP contribution in [0.1, 0.15) is 26.5 Å². The third-order valence-electron chi connectivity index (χ3n) is 2.72. The third kappa shape index (κ3) is 5.50. The molecule has 1 N–H and O–H groups in total. The number of amides is 1. The van der Waals surface area contributed by atoms with E-state index in [0.29, 0.717) is 17.2 Å². The Labute approximate surface area is 135 Å². The van der Waals surface area contributed by atoms with E-state index < -0.39 is 11.7 Å². The average molecular weight is 312 g/mol. The van der Waals surface area contributed by atoms with Crippen molar-refractivity contribution in [3.8, 4) is 0 Å². The Morgan fingerprint density at radius 3 is 2.39 bits per heavy atom. The van der Waals surface area contributed by atoms with Crippen molar-refractivity contribution >= 4 is 23.3 Å². The molecule has 1 aromatic carbocycles. The molecule has 0 atom stereocenters. The summed E-state index contributed by atoms with van der Waals surface area (Å²) in [7, 11) is 0. The van der Waals surface area contributed by atoms with Gasteiger partial charge in [0.2, 0.25) is 0 Å². The molecular weight excluding hydrogens is 292 g/mol. The monoisotopic (exact) mass is 312 g/mol. The van der Waals surface area contributed by atoms with E-state index in [9.17, 15) is 4.79 Å². The van der Waals surface area contributed by atoms with E-state index in [-0.39, 0.29) is 0 Å². The molecule has 0 aliphatic carbocycles. The van der Waals surface area contributed by atoms with Gasteiger partial charge in [0.05, 0.1) is 11.4 Å². The summed E-state index contributed by atoms with van der Waals surface area (Å²) in [5.41, 5.74) is 1.52. The van der Waals surface area contributed by atoms with Gasteiger partial charge in [-0.1, -0.05) is 18.2 Å². The van der Waals surface area contributed by atoms with Gasteiger partial charge in [-0.3, -0.25) is 5.32 Å². The van der Waals surface area contributed by atoms with Crippen LogP contribution >= 0.6 is 0 Å². The van der Waals surface area contributed by atoms with Crippen molar-refractivity contribution in [1.82, 2.24) is 4.98 Å². The summed E-state index contributed by atoms with van der Waals surface area (Å²) in [6.45, 7) is 7.22. The number of aromatic nitrogens is 1. The van der Waals surface area contributed by atoms with Gasteiger partial charge in [0.15, 0.2) is 0 Å². The van der Waals surface area contributed by atoms with Crippen molar-refractivity contribution < 1.29 is 9.53 Å². The average Bonchev–Trinajstić information content (AvgIpc) is 2.45. The molecule has 2 aromatic rings. The standard InChI is InChI=1S/C17H20N4O2/c1-12-14(21-20-13-8-6-5-7-9-13)10-11-15(18-12)19-16(22)23-17(2,3)4/h5-11H,1-4H3,(H,18,19,22). The number of carbonyl (C=O) groups excluding carboxylic acids is 1. The van der Waals surface area contributed by atoms with E-state index in [2.05, 4.69) is 20.5 Å². The third-order valence-corrected chi connectivity index (χ3v) is 2.72. The number of azo groups is 1. The molecular formula is C17H20N4O2. The molecule has 0 radical (unpaired) electrons. The smallest absolute Gasteiger partial charge is 0.413 e. The van der Waals surface area contributed by atoms with Gasteiger partial charge >= 0.3 is 6.09 Å². The highest BCUT2D eigenvalue weighted by molar-refractivity contribution is 5.83. The highest BCUT2D eigenvalue weighted by atomic mass is 16.6. The Morgan fingerprint density at radius 1 is 1.09 bits per heavy atom. The molecule has 1 heterocycles. The van der Waals surface area contributed by atoms with Crippen molar-refractivity contribution in [3.05, 3.63) is 48.2 Å². The van der Waals surface area contributed by atoms with E-state index in [0.717, 1.165) is 5.69 Å². The van der Waals surface area contributed by atoms with E-state index >= 15 is 0 Å². The summed E-state index contributed by atoms with van der Waals surface area (Å²) < 4.78 is 5.19. The fourth-order valence-electron chi connectivity index (χ4n) is 1.74. The minimum Gasteiger partial charge on any atom is -0.444 e. The summed E-state index contributed by atoms with van der Waals surface area (Å²) in [5.74, 6) is 0.412. The lowest BCUT2D eigenvalue weighted by Gasteiger charge is -2.19. The number of ether oxygens (including phenoxy) is 1. The number of anilines is 1. The van der Waals surface area contributed by atoms with Crippen molar-refractivity contribution in [2.75, 3.05) is 5.32 Å². The first-order valence-corrected chi connectivity index (χ1v) is 7.28. The van der Waals surface area contributed by atoms with Gasteiger partial charge < -0.3 is 4.74 Å². The molecule has 0 unspecified atom stereocenters. The van der Waals surface area contributed by atoms with Gasteiger partial charge in [-0.2, -0.15) is 5.11 Å². The lowest BCUT2D eigenvalue weighted by atomic mass is 10.2. The van der Waals surface area contributed by atoms with E-state index in [1.807, 2.05) is 30.3 Å². The molecule has 0 aliphatic heterocycles. The van der Waals surface area contributed by atoms with Crippen molar-refractivity contribution in [1.29, 1.82) is 0 Å². The van der Waals surface area contributed by atoms with Gasteiger partial charge in [0.1, 0.15) is 17.1 Å². The van der Waals surface area contributed by atoms with Crippen LogP contribution in [0.15, 0.2) is 52.7 Å². The summed E-state index contributed by atoms with van der Waals surface area (Å²) in [4.78, 5) is 16.0. The minimum absolute atomic E-state index is 0.412. The maximum atomic E-state index is 11.7. The number of hydrogen-bond acceptors (Lipinski definition) is 5. The minimum atomic E-state index is -0.553. The molecule has 0 saturated carbocycles. The lowest BCUT2D eigenvalue weighted by Crippen LogP contribution is -2.27. The van der Waals surface area contributed by atoms with Crippen molar-refractivity contribution in [3.63, 3.8) is 0 Å². The molecule has 0 aliphatic rings. The summed E-state index contributed by atoms with van der Waals surface area (Å²) in [6, 6.07) is 12.9. The second-order valence-electron chi connectivity index (χ2n) is 5.96. The number of carbonyl (C=O) groups is 1. The molecule has 1 amide bonds. The second-order valence-corrected chi connectivity index (χ2v) is 5.96. The first kappa shape index (κ1) is 16.6. The Morgan fingerprint density at radius 2 is 1.78 bits per heavy atom. The molecule has 0 bridgehead atoms. The maximum Gasteiger partial charge on any atom is 0.413 e. The number of nitrogens with zero attached hydrogens (tertiary/aromatic N) is 3. The molecule has 0 spiro atoms. The topological polar surface area (TPSA) is 75.9 Å². The SMILES string of the molecule is Cc1nc(NC(=O)OC(C)(C)C)ccc1N=Nc1ccccc1. The van der Waals surface area contributed by atoms with Crippen LogP contribution in [0.25, 0.3) is 0 Å². The van der Waals surface area contributed by atoms with E-state index in [4.69, 9.17) is 4.74 Å². The summed E-state index contributed by atoms with van der Waals surface area (Å²) >= 11 is 0. The highest BCUT2D eigenvalue weighted by Gasteiger charge is 2.16.